The van der Waals surface area contributed by atoms with Crippen molar-refractivity contribution in [3.63, 3.8) is 0 Å². The summed E-state index contributed by atoms with van der Waals surface area (Å²) in [6.07, 6.45) is 0. The van der Waals surface area contributed by atoms with Crippen LogP contribution in [0.2, 0.25) is 0 Å². The Labute approximate surface area is 383 Å². The van der Waals surface area contributed by atoms with Crippen molar-refractivity contribution in [2.75, 3.05) is 83.5 Å². The second-order valence-electron chi connectivity index (χ2n) is 15.2. The van der Waals surface area contributed by atoms with Gasteiger partial charge in [0.1, 0.15) is 33.1 Å². The monoisotopic (exact) mass is 974 g/mol. The van der Waals surface area contributed by atoms with Gasteiger partial charge in [-0.15, -0.1) is 22.7 Å². The fraction of sp³-hybridized carbons (Fsp3) is 0.318. The van der Waals surface area contributed by atoms with Crippen LogP contribution in [0.3, 0.4) is 0 Å². The zero-order valence-corrected chi connectivity index (χ0v) is 39.5. The summed E-state index contributed by atoms with van der Waals surface area (Å²) in [5.41, 5.74) is 7.09. The molecule has 0 unspecified atom stereocenters. The molecule has 2 aliphatic rings. The molecule has 2 aliphatic heterocycles. The molecular weight excluding hydrogens is 929 g/mol. The van der Waals surface area contributed by atoms with Crippen molar-refractivity contribution in [2.45, 2.75) is 30.6 Å². The Balaban J connectivity index is 0.000000195. The van der Waals surface area contributed by atoms with Crippen LogP contribution in [-0.4, -0.2) is 109 Å². The van der Waals surface area contributed by atoms with E-state index in [2.05, 4.69) is 32.9 Å². The second-order valence-corrected chi connectivity index (χ2v) is 20.6. The first-order chi connectivity index (χ1) is 30.9. The number of methoxy groups -OCH3 is 3. The molecule has 4 heterocycles. The van der Waals surface area contributed by atoms with E-state index in [4.69, 9.17) is 24.2 Å². The number of halogens is 4. The summed E-state index contributed by atoms with van der Waals surface area (Å²) in [7, 11) is -3.47. The van der Waals surface area contributed by atoms with Crippen LogP contribution in [0, 0.1) is 44.0 Å². The van der Waals surface area contributed by atoms with Gasteiger partial charge in [0.2, 0.25) is 25.8 Å². The van der Waals surface area contributed by atoms with Gasteiger partial charge >= 0.3 is 0 Å². The predicted octanol–water partition coefficient (Wildman–Crippen LogP) is 8.15. The Morgan fingerprint density at radius 1 is 0.554 bits per heavy atom. The van der Waals surface area contributed by atoms with Gasteiger partial charge < -0.3 is 24.0 Å². The average Bonchev–Trinajstić information content (AvgIpc) is 3.97. The molecule has 0 aliphatic carbocycles. The SMILES string of the molecule is COc1cc(-c2csc(N3CCN(S(=O)(=O)c4ccc(F)cc4F)CC3)n2)cc(OC)c1OC.Cc1cc(C)c(-c2csc(N3CCN(S(=O)(=O)c4ccc(F)cc4F)CC3)n2)c(C)c1. The number of anilines is 2. The Hall–Kier alpha value is -5.32. The summed E-state index contributed by atoms with van der Waals surface area (Å²) in [5.74, 6) is -2.29. The van der Waals surface area contributed by atoms with E-state index in [0.29, 0.717) is 61.3 Å². The standard InChI is InChI=1S/C22H23F2N3O5S2.C22H23F2N3O2S2/c1-30-18-10-14(11-19(31-2)21(18)32-3)17-13-33-22(25-17)26-6-8-27(9-7-26)34(28,29)20-5-4-15(23)12-16(20)24;1-14-10-15(2)21(16(3)11-14)19-13-30-22(25-19)26-6-8-27(9-7-26)31(28,29)20-5-4-17(23)12-18(20)24/h4-5,10-13H,6-9H2,1-3H3;4-5,10-13H,6-9H2,1-3H3. The lowest BCUT2D eigenvalue weighted by Gasteiger charge is -2.33. The summed E-state index contributed by atoms with van der Waals surface area (Å²) in [6, 6.07) is 12.9. The average molecular weight is 975 g/mol. The molecule has 21 heteroatoms. The summed E-state index contributed by atoms with van der Waals surface area (Å²) in [5, 5.41) is 5.48. The largest absolute Gasteiger partial charge is 0.493 e. The van der Waals surface area contributed by atoms with Crippen LogP contribution >= 0.6 is 22.7 Å². The number of nitrogens with zero attached hydrogens (tertiary/aromatic N) is 6. The molecule has 0 spiro atoms. The maximum atomic E-state index is 14.1. The van der Waals surface area contributed by atoms with Crippen LogP contribution in [-0.2, 0) is 20.0 Å². The molecule has 0 saturated carbocycles. The van der Waals surface area contributed by atoms with Crippen LogP contribution < -0.4 is 24.0 Å². The van der Waals surface area contributed by atoms with Crippen molar-refractivity contribution < 1.29 is 48.6 Å². The topological polar surface area (TPSA) is 135 Å². The van der Waals surface area contributed by atoms with E-state index >= 15 is 0 Å². The van der Waals surface area contributed by atoms with Gasteiger partial charge in [-0.05, 0) is 68.3 Å². The predicted molar refractivity (Wildman–Crippen MR) is 244 cm³/mol. The molecule has 0 N–H and O–H groups in total. The molecule has 8 rings (SSSR count). The normalized spacial score (nSPS) is 15.1. The van der Waals surface area contributed by atoms with Crippen molar-refractivity contribution in [1.29, 1.82) is 0 Å². The molecule has 2 aromatic heterocycles. The summed E-state index contributed by atoms with van der Waals surface area (Å²) < 4.78 is 124. The highest BCUT2D eigenvalue weighted by molar-refractivity contribution is 7.89. The highest BCUT2D eigenvalue weighted by Crippen LogP contribution is 2.42. The zero-order chi connectivity index (χ0) is 46.8. The Morgan fingerprint density at radius 3 is 1.37 bits per heavy atom. The fourth-order valence-corrected chi connectivity index (χ4v) is 12.5. The highest BCUT2D eigenvalue weighted by atomic mass is 32.2. The van der Waals surface area contributed by atoms with E-state index < -0.39 is 53.1 Å². The van der Waals surface area contributed by atoms with E-state index in [0.717, 1.165) is 51.3 Å². The summed E-state index contributed by atoms with van der Waals surface area (Å²) >= 11 is 2.96. The number of rotatable bonds is 11. The first-order valence-corrected chi connectivity index (χ1v) is 24.8. The number of sulfonamides is 2. The van der Waals surface area contributed by atoms with Crippen molar-refractivity contribution >= 4 is 53.0 Å². The molecular formula is C44H46F4N6O7S4. The number of ether oxygens (including phenoxy) is 3. The van der Waals surface area contributed by atoms with Gasteiger partial charge in [0.25, 0.3) is 0 Å². The lowest BCUT2D eigenvalue weighted by atomic mass is 9.98. The summed E-state index contributed by atoms with van der Waals surface area (Å²) in [6.45, 7) is 8.58. The van der Waals surface area contributed by atoms with Crippen LogP contribution in [0.5, 0.6) is 17.2 Å². The Bertz CT molecular complexity index is 2870. The van der Waals surface area contributed by atoms with E-state index in [1.807, 2.05) is 32.7 Å². The molecule has 0 atom stereocenters. The van der Waals surface area contributed by atoms with E-state index in [1.54, 1.807) is 14.2 Å². The minimum Gasteiger partial charge on any atom is -0.493 e. The molecule has 13 nitrogen and oxygen atoms in total. The first-order valence-electron chi connectivity index (χ1n) is 20.1. The highest BCUT2D eigenvalue weighted by Gasteiger charge is 2.33. The molecule has 2 fully saturated rings. The first kappa shape index (κ1) is 47.6. The van der Waals surface area contributed by atoms with Gasteiger partial charge in [0.05, 0.1) is 32.7 Å². The van der Waals surface area contributed by atoms with Gasteiger partial charge in [-0.25, -0.2) is 44.4 Å². The van der Waals surface area contributed by atoms with Gasteiger partial charge in [0, 0.05) is 86.4 Å². The van der Waals surface area contributed by atoms with Crippen molar-refractivity contribution in [3.05, 3.63) is 111 Å². The third-order valence-electron chi connectivity index (χ3n) is 10.9. The number of aryl methyl sites for hydroxylation is 3. The van der Waals surface area contributed by atoms with Gasteiger partial charge in [-0.3, -0.25) is 0 Å². The molecule has 2 saturated heterocycles. The number of hydrogen-bond acceptors (Lipinski definition) is 13. The van der Waals surface area contributed by atoms with Gasteiger partial charge in [0.15, 0.2) is 21.8 Å². The number of benzene rings is 4. The second kappa shape index (κ2) is 19.6. The van der Waals surface area contributed by atoms with Crippen molar-refractivity contribution in [3.8, 4) is 39.8 Å². The number of piperazine rings is 2. The zero-order valence-electron chi connectivity index (χ0n) is 36.3. The van der Waals surface area contributed by atoms with Gasteiger partial charge in [-0.2, -0.15) is 8.61 Å². The van der Waals surface area contributed by atoms with Gasteiger partial charge in [-0.1, -0.05) is 17.7 Å². The maximum absolute atomic E-state index is 14.1. The third-order valence-corrected chi connectivity index (χ3v) is 16.6. The van der Waals surface area contributed by atoms with Crippen LogP contribution in [0.1, 0.15) is 16.7 Å². The number of hydrogen-bond donors (Lipinski definition) is 0. The van der Waals surface area contributed by atoms with Crippen LogP contribution in [0.15, 0.2) is 81.2 Å². The smallest absolute Gasteiger partial charge is 0.246 e. The van der Waals surface area contributed by atoms with Crippen molar-refractivity contribution in [1.82, 2.24) is 18.6 Å². The summed E-state index contributed by atoms with van der Waals surface area (Å²) in [4.78, 5) is 12.5. The molecule has 346 valence electrons. The van der Waals surface area contributed by atoms with E-state index in [9.17, 15) is 34.4 Å². The molecule has 6 aromatic rings. The van der Waals surface area contributed by atoms with Crippen LogP contribution in [0.25, 0.3) is 22.5 Å². The maximum Gasteiger partial charge on any atom is 0.246 e. The fourth-order valence-electron chi connectivity index (χ4n) is 7.77. The lowest BCUT2D eigenvalue weighted by molar-refractivity contribution is 0.324. The Morgan fingerprint density at radius 2 is 0.969 bits per heavy atom. The molecule has 0 bridgehead atoms. The molecule has 0 radical (unpaired) electrons. The van der Waals surface area contributed by atoms with Crippen molar-refractivity contribution in [2.24, 2.45) is 0 Å². The molecule has 65 heavy (non-hydrogen) atoms. The minimum absolute atomic E-state index is 0.151. The van der Waals surface area contributed by atoms with E-state index in [-0.39, 0.29) is 26.2 Å². The lowest BCUT2D eigenvalue weighted by Crippen LogP contribution is -2.48. The quantitative estimate of drug-likeness (QED) is 0.117. The van der Waals surface area contributed by atoms with Crippen LogP contribution in [0.4, 0.5) is 27.8 Å². The molecule has 4 aromatic carbocycles. The minimum atomic E-state index is -4.07. The molecule has 0 amide bonds. The Kier molecular flexibility index (Phi) is 14.4. The third kappa shape index (κ3) is 10.1. The van der Waals surface area contributed by atoms with E-state index in [1.165, 1.54) is 55.1 Å². The number of aromatic nitrogens is 2. The number of thiazole rings is 2.